The van der Waals surface area contributed by atoms with Crippen molar-refractivity contribution in [1.29, 1.82) is 0 Å². The fourth-order valence-corrected chi connectivity index (χ4v) is 2.11. The molecule has 1 unspecified atom stereocenters. The van der Waals surface area contributed by atoms with Gasteiger partial charge in [-0.3, -0.25) is 4.57 Å². The molecule has 20 heavy (non-hydrogen) atoms. The number of rotatable bonds is 2. The zero-order valence-corrected chi connectivity index (χ0v) is 10.6. The first-order chi connectivity index (χ1) is 9.28. The molecule has 1 fully saturated rings. The van der Waals surface area contributed by atoms with Gasteiger partial charge >= 0.3 is 5.69 Å². The SMILES string of the molecule is C#CC(O)[C@H]1O[C@@H](n2ccc(N)nc2=O)[C@@](C)(F)[C@@H]1O. The minimum atomic E-state index is -2.33. The summed E-state index contributed by atoms with van der Waals surface area (Å²) in [6.07, 6.45) is 0.226. The second-order valence-corrected chi connectivity index (χ2v) is 4.70. The summed E-state index contributed by atoms with van der Waals surface area (Å²) in [5.74, 6) is 1.93. The first-order valence-electron chi connectivity index (χ1n) is 5.80. The molecule has 108 valence electrons. The third kappa shape index (κ3) is 2.16. The van der Waals surface area contributed by atoms with E-state index in [9.17, 15) is 19.4 Å². The average Bonchev–Trinajstić information content (AvgIpc) is 2.61. The second kappa shape index (κ2) is 4.86. The summed E-state index contributed by atoms with van der Waals surface area (Å²) >= 11 is 0. The van der Waals surface area contributed by atoms with Gasteiger partial charge in [0, 0.05) is 6.20 Å². The smallest absolute Gasteiger partial charge is 0.351 e. The number of anilines is 1. The summed E-state index contributed by atoms with van der Waals surface area (Å²) in [6, 6.07) is 1.29. The molecule has 4 N–H and O–H groups in total. The Morgan fingerprint density at radius 3 is 2.95 bits per heavy atom. The lowest BCUT2D eigenvalue weighted by molar-refractivity contribution is -0.0736. The molecule has 2 rings (SSSR count). The van der Waals surface area contributed by atoms with Crippen LogP contribution in [-0.2, 0) is 4.74 Å². The third-order valence-corrected chi connectivity index (χ3v) is 3.24. The standard InChI is InChI=1S/C12H14FN3O4/c1-3-6(17)8-9(18)12(2,13)10(20-8)16-5-4-7(14)15-11(16)19/h1,4-6,8-10,17-18H,2H3,(H2,14,15,19)/t6?,8-,9-,10-,12+/m1/s1. The van der Waals surface area contributed by atoms with Crippen LogP contribution in [-0.4, -0.2) is 43.7 Å². The molecule has 1 aliphatic rings. The van der Waals surface area contributed by atoms with E-state index >= 15 is 0 Å². The van der Waals surface area contributed by atoms with Gasteiger partial charge in [0.05, 0.1) is 0 Å². The fourth-order valence-electron chi connectivity index (χ4n) is 2.11. The summed E-state index contributed by atoms with van der Waals surface area (Å²) in [4.78, 5) is 15.2. The van der Waals surface area contributed by atoms with E-state index in [0.29, 0.717) is 0 Å². The maximum Gasteiger partial charge on any atom is 0.351 e. The first-order valence-corrected chi connectivity index (χ1v) is 5.80. The van der Waals surface area contributed by atoms with Gasteiger partial charge in [-0.25, -0.2) is 9.18 Å². The van der Waals surface area contributed by atoms with Crippen LogP contribution in [0.3, 0.4) is 0 Å². The molecule has 8 heteroatoms. The predicted octanol–water partition coefficient (Wildman–Crippen LogP) is -1.19. The van der Waals surface area contributed by atoms with Gasteiger partial charge in [0.25, 0.3) is 0 Å². The van der Waals surface area contributed by atoms with Crippen molar-refractivity contribution in [3.8, 4) is 12.3 Å². The number of hydrogen-bond acceptors (Lipinski definition) is 6. The highest BCUT2D eigenvalue weighted by atomic mass is 19.1. The highest BCUT2D eigenvalue weighted by molar-refractivity contribution is 5.24. The van der Waals surface area contributed by atoms with Gasteiger partial charge in [-0.15, -0.1) is 6.42 Å². The molecule has 0 bridgehead atoms. The maximum atomic E-state index is 14.6. The number of nitrogens with two attached hydrogens (primary N) is 1. The Labute approximate surface area is 113 Å². The first kappa shape index (κ1) is 14.5. The Hall–Kier alpha value is -1.95. The highest BCUT2D eigenvalue weighted by Gasteiger charge is 2.57. The van der Waals surface area contributed by atoms with E-state index in [1.54, 1.807) is 0 Å². The summed E-state index contributed by atoms with van der Waals surface area (Å²) in [5, 5.41) is 19.4. The van der Waals surface area contributed by atoms with E-state index in [2.05, 4.69) is 4.98 Å². The number of aliphatic hydroxyl groups excluding tert-OH is 2. The molecule has 0 aromatic carbocycles. The predicted molar refractivity (Wildman–Crippen MR) is 67.2 cm³/mol. The monoisotopic (exact) mass is 283 g/mol. The van der Waals surface area contributed by atoms with Crippen molar-refractivity contribution in [1.82, 2.24) is 9.55 Å². The van der Waals surface area contributed by atoms with Crippen molar-refractivity contribution in [2.75, 3.05) is 5.73 Å². The van der Waals surface area contributed by atoms with Crippen LogP contribution in [0.4, 0.5) is 10.2 Å². The Morgan fingerprint density at radius 1 is 1.75 bits per heavy atom. The normalized spacial score (nSPS) is 34.6. The molecule has 1 aromatic rings. The number of nitrogens with zero attached hydrogens (tertiary/aromatic N) is 2. The van der Waals surface area contributed by atoms with Crippen molar-refractivity contribution in [3.05, 3.63) is 22.7 Å². The van der Waals surface area contributed by atoms with E-state index in [-0.39, 0.29) is 5.82 Å². The Morgan fingerprint density at radius 2 is 2.40 bits per heavy atom. The maximum absolute atomic E-state index is 14.6. The quantitative estimate of drug-likeness (QED) is 0.588. The number of ether oxygens (including phenoxy) is 1. The number of halogens is 1. The van der Waals surface area contributed by atoms with E-state index < -0.39 is 35.9 Å². The van der Waals surface area contributed by atoms with Crippen LogP contribution >= 0.6 is 0 Å². The lowest BCUT2D eigenvalue weighted by Gasteiger charge is -2.24. The summed E-state index contributed by atoms with van der Waals surface area (Å²) in [5.41, 5.74) is 2.18. The molecule has 1 aliphatic heterocycles. The van der Waals surface area contributed by atoms with Gasteiger partial charge in [0.1, 0.15) is 24.1 Å². The van der Waals surface area contributed by atoms with E-state index in [0.717, 1.165) is 11.5 Å². The molecular weight excluding hydrogens is 269 g/mol. The van der Waals surface area contributed by atoms with Gasteiger partial charge in [-0.05, 0) is 13.0 Å². The van der Waals surface area contributed by atoms with Crippen molar-refractivity contribution in [3.63, 3.8) is 0 Å². The highest BCUT2D eigenvalue weighted by Crippen LogP contribution is 2.41. The van der Waals surface area contributed by atoms with Gasteiger partial charge in [0.2, 0.25) is 0 Å². The molecule has 0 amide bonds. The number of aliphatic hydroxyl groups is 2. The summed E-state index contributed by atoms with van der Waals surface area (Å²) in [7, 11) is 0. The number of alkyl halides is 1. The number of aromatic nitrogens is 2. The molecule has 7 nitrogen and oxygen atoms in total. The van der Waals surface area contributed by atoms with Gasteiger partial charge in [0.15, 0.2) is 11.9 Å². The number of nitrogen functional groups attached to an aromatic ring is 1. The molecule has 1 saturated heterocycles. The Balaban J connectivity index is 2.42. The van der Waals surface area contributed by atoms with E-state index in [4.69, 9.17) is 16.9 Å². The van der Waals surface area contributed by atoms with Crippen LogP contribution < -0.4 is 11.4 Å². The zero-order valence-electron chi connectivity index (χ0n) is 10.6. The second-order valence-electron chi connectivity index (χ2n) is 4.70. The van der Waals surface area contributed by atoms with Crippen molar-refractivity contribution < 1.29 is 19.3 Å². The van der Waals surface area contributed by atoms with E-state index in [1.165, 1.54) is 12.3 Å². The third-order valence-electron chi connectivity index (χ3n) is 3.24. The van der Waals surface area contributed by atoms with Crippen LogP contribution in [0.1, 0.15) is 13.2 Å². The molecule has 0 spiro atoms. The molecule has 0 aliphatic carbocycles. The van der Waals surface area contributed by atoms with Crippen LogP contribution in [0.25, 0.3) is 0 Å². The van der Waals surface area contributed by atoms with Crippen LogP contribution in [0.2, 0.25) is 0 Å². The number of hydrogen-bond donors (Lipinski definition) is 3. The zero-order chi connectivity index (χ0) is 15.1. The molecule has 1 aromatic heterocycles. The largest absolute Gasteiger partial charge is 0.387 e. The molecule has 2 heterocycles. The lowest BCUT2D eigenvalue weighted by atomic mass is 9.96. The van der Waals surface area contributed by atoms with Crippen molar-refractivity contribution in [2.45, 2.75) is 37.1 Å². The van der Waals surface area contributed by atoms with Crippen molar-refractivity contribution >= 4 is 5.82 Å². The van der Waals surface area contributed by atoms with E-state index in [1.807, 2.05) is 5.92 Å². The minimum Gasteiger partial charge on any atom is -0.387 e. The van der Waals surface area contributed by atoms with Crippen LogP contribution in [0, 0.1) is 12.3 Å². The molecule has 0 saturated carbocycles. The fraction of sp³-hybridized carbons (Fsp3) is 0.500. The number of terminal acetylenes is 1. The summed E-state index contributed by atoms with van der Waals surface area (Å²) < 4.78 is 20.7. The lowest BCUT2D eigenvalue weighted by Crippen LogP contribution is -2.44. The van der Waals surface area contributed by atoms with Crippen LogP contribution in [0.5, 0.6) is 0 Å². The average molecular weight is 283 g/mol. The molecule has 5 atom stereocenters. The van der Waals surface area contributed by atoms with Gasteiger partial charge < -0.3 is 20.7 Å². The van der Waals surface area contributed by atoms with Crippen LogP contribution in [0.15, 0.2) is 17.1 Å². The van der Waals surface area contributed by atoms with Gasteiger partial charge in [-0.1, -0.05) is 5.92 Å². The molecule has 0 radical (unpaired) electrons. The minimum absolute atomic E-state index is 0.0226. The Kier molecular flexibility index (Phi) is 3.52. The molecular formula is C12H14FN3O4. The van der Waals surface area contributed by atoms with Gasteiger partial charge in [-0.2, -0.15) is 4.98 Å². The summed E-state index contributed by atoms with van der Waals surface area (Å²) in [6.45, 7) is 1.05. The Bertz CT molecular complexity index is 609. The topological polar surface area (TPSA) is 111 Å². The van der Waals surface area contributed by atoms with Crippen molar-refractivity contribution in [2.24, 2.45) is 0 Å².